The first-order valence-electron chi connectivity index (χ1n) is 6.30. The molecular weight excluding hydrogens is 249 g/mol. The van der Waals surface area contributed by atoms with Gasteiger partial charge in [-0.2, -0.15) is 0 Å². The van der Waals surface area contributed by atoms with Gasteiger partial charge in [-0.1, -0.05) is 6.92 Å². The van der Waals surface area contributed by atoms with Gasteiger partial charge in [-0.3, -0.25) is 4.79 Å². The molecule has 19 heavy (non-hydrogen) atoms. The lowest BCUT2D eigenvalue weighted by Gasteiger charge is -2.12. The number of carbonyl (C=O) groups is 1. The molecule has 0 saturated carbocycles. The van der Waals surface area contributed by atoms with Gasteiger partial charge in [0.05, 0.1) is 24.5 Å². The highest BCUT2D eigenvalue weighted by molar-refractivity contribution is 5.82. The predicted molar refractivity (Wildman–Crippen MR) is 73.8 cm³/mol. The molecule has 0 unspecified atom stereocenters. The average Bonchev–Trinajstić information content (AvgIpc) is 2.37. The van der Waals surface area contributed by atoms with Crippen LogP contribution in [-0.2, 0) is 4.79 Å². The number of benzene rings is 1. The lowest BCUT2D eigenvalue weighted by atomic mass is 10.2. The molecule has 0 aromatic heterocycles. The van der Waals surface area contributed by atoms with Crippen LogP contribution in [0.1, 0.15) is 20.3 Å². The van der Waals surface area contributed by atoms with Crippen LogP contribution in [0.4, 0.5) is 15.8 Å². The molecule has 6 heteroatoms. The van der Waals surface area contributed by atoms with Crippen LogP contribution >= 0.6 is 0 Å². The SMILES string of the molecule is CCCOc1cc(NCC(=O)NCC)c(N)cc1F. The number of rotatable bonds is 7. The number of nitrogens with one attached hydrogen (secondary N) is 2. The van der Waals surface area contributed by atoms with Crippen molar-refractivity contribution in [3.63, 3.8) is 0 Å². The number of nitrogens with two attached hydrogens (primary N) is 1. The average molecular weight is 269 g/mol. The molecule has 0 heterocycles. The number of halogens is 1. The molecule has 106 valence electrons. The Morgan fingerprint density at radius 1 is 1.42 bits per heavy atom. The molecule has 0 atom stereocenters. The van der Waals surface area contributed by atoms with Crippen molar-refractivity contribution in [2.75, 3.05) is 30.7 Å². The fourth-order valence-corrected chi connectivity index (χ4v) is 1.48. The van der Waals surface area contributed by atoms with E-state index in [0.29, 0.717) is 18.8 Å². The molecule has 1 aromatic rings. The standard InChI is InChI=1S/C13H20FN3O2/c1-3-5-19-12-7-11(10(15)6-9(12)14)17-8-13(18)16-4-2/h6-7,17H,3-5,8,15H2,1-2H3,(H,16,18). The van der Waals surface area contributed by atoms with E-state index in [1.54, 1.807) is 0 Å². The van der Waals surface area contributed by atoms with Crippen molar-refractivity contribution >= 4 is 17.3 Å². The van der Waals surface area contributed by atoms with E-state index in [0.717, 1.165) is 6.42 Å². The molecule has 0 aliphatic rings. The van der Waals surface area contributed by atoms with Gasteiger partial charge in [0.25, 0.3) is 0 Å². The number of anilines is 2. The van der Waals surface area contributed by atoms with Crippen molar-refractivity contribution in [3.05, 3.63) is 17.9 Å². The third-order valence-electron chi connectivity index (χ3n) is 2.38. The van der Waals surface area contributed by atoms with Gasteiger partial charge in [-0.05, 0) is 13.3 Å². The summed E-state index contributed by atoms with van der Waals surface area (Å²) in [5, 5.41) is 5.51. The maximum atomic E-state index is 13.6. The Bertz CT molecular complexity index is 438. The van der Waals surface area contributed by atoms with Crippen LogP contribution < -0.4 is 21.1 Å². The molecule has 4 N–H and O–H groups in total. The van der Waals surface area contributed by atoms with Gasteiger partial charge in [0, 0.05) is 18.7 Å². The molecule has 0 aliphatic carbocycles. The summed E-state index contributed by atoms with van der Waals surface area (Å²) < 4.78 is 18.8. The summed E-state index contributed by atoms with van der Waals surface area (Å²) in [4.78, 5) is 11.3. The van der Waals surface area contributed by atoms with E-state index in [9.17, 15) is 9.18 Å². The van der Waals surface area contributed by atoms with E-state index in [1.165, 1.54) is 12.1 Å². The van der Waals surface area contributed by atoms with E-state index in [2.05, 4.69) is 10.6 Å². The van der Waals surface area contributed by atoms with Crippen molar-refractivity contribution in [1.82, 2.24) is 5.32 Å². The number of hydrogen-bond acceptors (Lipinski definition) is 4. The maximum Gasteiger partial charge on any atom is 0.239 e. The second kappa shape index (κ2) is 7.45. The molecular formula is C13H20FN3O2. The van der Waals surface area contributed by atoms with Crippen LogP contribution in [-0.4, -0.2) is 25.6 Å². The third kappa shape index (κ3) is 4.65. The summed E-state index contributed by atoms with van der Waals surface area (Å²) in [5.74, 6) is -0.522. The molecule has 0 fully saturated rings. The number of carbonyl (C=O) groups excluding carboxylic acids is 1. The van der Waals surface area contributed by atoms with Gasteiger partial charge in [-0.15, -0.1) is 0 Å². The maximum absolute atomic E-state index is 13.6. The number of ether oxygens (including phenoxy) is 1. The summed E-state index contributed by atoms with van der Waals surface area (Å²) in [5.41, 5.74) is 6.42. The van der Waals surface area contributed by atoms with Crippen LogP contribution in [0.15, 0.2) is 12.1 Å². The van der Waals surface area contributed by atoms with Crippen molar-refractivity contribution in [2.24, 2.45) is 0 Å². The van der Waals surface area contributed by atoms with Crippen molar-refractivity contribution in [3.8, 4) is 5.75 Å². The van der Waals surface area contributed by atoms with Crippen LogP contribution in [0.25, 0.3) is 0 Å². The van der Waals surface area contributed by atoms with Gasteiger partial charge in [-0.25, -0.2) is 4.39 Å². The van der Waals surface area contributed by atoms with Gasteiger partial charge < -0.3 is 21.1 Å². The predicted octanol–water partition coefficient (Wildman–Crippen LogP) is 1.74. The number of amides is 1. The highest BCUT2D eigenvalue weighted by Gasteiger charge is 2.10. The van der Waals surface area contributed by atoms with Crippen molar-refractivity contribution in [1.29, 1.82) is 0 Å². The van der Waals surface area contributed by atoms with E-state index < -0.39 is 5.82 Å². The first kappa shape index (κ1) is 15.1. The Morgan fingerprint density at radius 3 is 2.79 bits per heavy atom. The fraction of sp³-hybridized carbons (Fsp3) is 0.462. The fourth-order valence-electron chi connectivity index (χ4n) is 1.48. The molecule has 1 aromatic carbocycles. The van der Waals surface area contributed by atoms with Gasteiger partial charge in [0.1, 0.15) is 0 Å². The second-order valence-corrected chi connectivity index (χ2v) is 4.03. The summed E-state index contributed by atoms with van der Waals surface area (Å²) in [7, 11) is 0. The monoisotopic (exact) mass is 269 g/mol. The quantitative estimate of drug-likeness (QED) is 0.659. The van der Waals surface area contributed by atoms with E-state index in [-0.39, 0.29) is 23.9 Å². The Balaban J connectivity index is 2.73. The van der Waals surface area contributed by atoms with E-state index in [4.69, 9.17) is 10.5 Å². The molecule has 0 saturated heterocycles. The van der Waals surface area contributed by atoms with Gasteiger partial charge in [0.15, 0.2) is 11.6 Å². The van der Waals surface area contributed by atoms with Gasteiger partial charge in [0.2, 0.25) is 5.91 Å². The number of likely N-dealkylation sites (N-methyl/N-ethyl adjacent to an activating group) is 1. The van der Waals surface area contributed by atoms with Crippen LogP contribution in [0.2, 0.25) is 0 Å². The molecule has 1 amide bonds. The number of hydrogen-bond donors (Lipinski definition) is 3. The largest absolute Gasteiger partial charge is 0.490 e. The molecule has 0 radical (unpaired) electrons. The smallest absolute Gasteiger partial charge is 0.239 e. The minimum Gasteiger partial charge on any atom is -0.490 e. The minimum atomic E-state index is -0.505. The molecule has 0 aliphatic heterocycles. The lowest BCUT2D eigenvalue weighted by molar-refractivity contribution is -0.119. The zero-order valence-corrected chi connectivity index (χ0v) is 11.3. The molecule has 0 bridgehead atoms. The third-order valence-corrected chi connectivity index (χ3v) is 2.38. The molecule has 0 spiro atoms. The van der Waals surface area contributed by atoms with Crippen LogP contribution in [0, 0.1) is 5.82 Å². The minimum absolute atomic E-state index is 0.0802. The highest BCUT2D eigenvalue weighted by Crippen LogP contribution is 2.28. The normalized spacial score (nSPS) is 10.1. The molecule has 1 rings (SSSR count). The van der Waals surface area contributed by atoms with Crippen LogP contribution in [0.3, 0.4) is 0 Å². The lowest BCUT2D eigenvalue weighted by Crippen LogP contribution is -2.29. The van der Waals surface area contributed by atoms with E-state index in [1.807, 2.05) is 13.8 Å². The van der Waals surface area contributed by atoms with Gasteiger partial charge >= 0.3 is 0 Å². The number of nitrogen functional groups attached to an aromatic ring is 1. The topological polar surface area (TPSA) is 76.4 Å². The van der Waals surface area contributed by atoms with Crippen molar-refractivity contribution in [2.45, 2.75) is 20.3 Å². The van der Waals surface area contributed by atoms with Crippen molar-refractivity contribution < 1.29 is 13.9 Å². The summed E-state index contributed by atoms with van der Waals surface area (Å²) in [6, 6.07) is 2.66. The first-order valence-corrected chi connectivity index (χ1v) is 6.30. The Morgan fingerprint density at radius 2 is 2.16 bits per heavy atom. The first-order chi connectivity index (χ1) is 9.08. The Labute approximate surface area is 112 Å². The summed E-state index contributed by atoms with van der Waals surface area (Å²) >= 11 is 0. The Hall–Kier alpha value is -1.98. The highest BCUT2D eigenvalue weighted by atomic mass is 19.1. The summed E-state index contributed by atoms with van der Waals surface area (Å²) in [6.07, 6.45) is 0.783. The zero-order chi connectivity index (χ0) is 14.3. The van der Waals surface area contributed by atoms with Crippen LogP contribution in [0.5, 0.6) is 5.75 Å². The molecule has 5 nitrogen and oxygen atoms in total. The summed E-state index contributed by atoms with van der Waals surface area (Å²) in [6.45, 7) is 4.84. The Kier molecular flexibility index (Phi) is 5.92. The van der Waals surface area contributed by atoms with E-state index >= 15 is 0 Å². The second-order valence-electron chi connectivity index (χ2n) is 4.03. The zero-order valence-electron chi connectivity index (χ0n) is 11.3.